The lowest BCUT2D eigenvalue weighted by Gasteiger charge is -2.31. The molecule has 2 rings (SSSR count). The fourth-order valence-electron chi connectivity index (χ4n) is 2.26. The highest BCUT2D eigenvalue weighted by atomic mass is 16.5. The van der Waals surface area contributed by atoms with Gasteiger partial charge in [-0.3, -0.25) is 4.79 Å². The molecule has 2 N–H and O–H groups in total. The summed E-state index contributed by atoms with van der Waals surface area (Å²) < 4.78 is 9.86. The third kappa shape index (κ3) is 3.08. The largest absolute Gasteiger partial charge is 0.390 e. The van der Waals surface area contributed by atoms with Gasteiger partial charge in [0.25, 0.3) is 0 Å². The number of rotatable bonds is 4. The standard InChI is InChI=1S/C12H18N2O4/c1-17-11-6-8(2-3-10(11)15)12(16)13-7-9-4-5-18-14-9/h4-5,8,10-11,15H,2-3,6-7H2,1H3,(H,13,16)/t8-,10+,11-/m1/s1. The molecule has 18 heavy (non-hydrogen) atoms. The molecular weight excluding hydrogens is 236 g/mol. The SMILES string of the molecule is CO[C@@H]1C[C@H](C(=O)NCc2ccon2)CC[C@@H]1O. The number of nitrogens with zero attached hydrogens (tertiary/aromatic N) is 1. The van der Waals surface area contributed by atoms with Gasteiger partial charge in [0.05, 0.1) is 18.8 Å². The third-order valence-electron chi connectivity index (χ3n) is 3.37. The number of amides is 1. The molecule has 0 radical (unpaired) electrons. The average Bonchev–Trinajstić information content (AvgIpc) is 2.89. The summed E-state index contributed by atoms with van der Waals surface area (Å²) in [4.78, 5) is 12.0. The summed E-state index contributed by atoms with van der Waals surface area (Å²) in [6, 6.07) is 1.71. The summed E-state index contributed by atoms with van der Waals surface area (Å²) in [6.45, 7) is 0.367. The molecule has 0 bridgehead atoms. The molecule has 1 fully saturated rings. The highest BCUT2D eigenvalue weighted by molar-refractivity contribution is 5.78. The first-order valence-corrected chi connectivity index (χ1v) is 6.08. The molecule has 0 unspecified atom stereocenters. The Morgan fingerprint density at radius 3 is 3.17 bits per heavy atom. The highest BCUT2D eigenvalue weighted by Gasteiger charge is 2.32. The Balaban J connectivity index is 1.82. The number of aliphatic hydroxyl groups excluding tert-OH is 1. The topological polar surface area (TPSA) is 84.6 Å². The predicted octanol–water partition coefficient (Wildman–Crippen LogP) is 0.467. The first-order valence-electron chi connectivity index (χ1n) is 6.08. The predicted molar refractivity (Wildman–Crippen MR) is 62.5 cm³/mol. The Morgan fingerprint density at radius 2 is 2.50 bits per heavy atom. The summed E-state index contributed by atoms with van der Waals surface area (Å²) in [5.74, 6) is -0.128. The number of methoxy groups -OCH3 is 1. The lowest BCUT2D eigenvalue weighted by atomic mass is 9.84. The molecule has 1 aromatic heterocycles. The molecule has 1 aliphatic carbocycles. The molecule has 3 atom stereocenters. The van der Waals surface area contributed by atoms with Gasteiger partial charge >= 0.3 is 0 Å². The van der Waals surface area contributed by atoms with E-state index in [0.29, 0.717) is 31.5 Å². The van der Waals surface area contributed by atoms with Gasteiger partial charge in [-0.15, -0.1) is 0 Å². The van der Waals surface area contributed by atoms with Crippen LogP contribution >= 0.6 is 0 Å². The molecule has 0 aliphatic heterocycles. The number of hydrogen-bond donors (Lipinski definition) is 2. The van der Waals surface area contributed by atoms with Crippen molar-refractivity contribution in [1.82, 2.24) is 10.5 Å². The van der Waals surface area contributed by atoms with Crippen LogP contribution < -0.4 is 5.32 Å². The number of carbonyl (C=O) groups is 1. The second kappa shape index (κ2) is 5.97. The molecular formula is C12H18N2O4. The van der Waals surface area contributed by atoms with E-state index in [1.165, 1.54) is 6.26 Å². The van der Waals surface area contributed by atoms with Crippen molar-refractivity contribution in [2.45, 2.75) is 38.0 Å². The Labute approximate surface area is 105 Å². The maximum atomic E-state index is 12.0. The minimum atomic E-state index is -0.463. The van der Waals surface area contributed by atoms with Gasteiger partial charge < -0.3 is 19.7 Å². The zero-order valence-electron chi connectivity index (χ0n) is 10.3. The normalized spacial score (nSPS) is 28.0. The van der Waals surface area contributed by atoms with Crippen molar-refractivity contribution in [2.75, 3.05) is 7.11 Å². The second-order valence-electron chi connectivity index (χ2n) is 4.56. The zero-order valence-corrected chi connectivity index (χ0v) is 10.3. The Morgan fingerprint density at radius 1 is 1.67 bits per heavy atom. The maximum Gasteiger partial charge on any atom is 0.223 e. The van der Waals surface area contributed by atoms with Crippen LogP contribution in [-0.2, 0) is 16.1 Å². The van der Waals surface area contributed by atoms with Gasteiger partial charge in [-0.25, -0.2) is 0 Å². The van der Waals surface area contributed by atoms with Crippen molar-refractivity contribution in [2.24, 2.45) is 5.92 Å². The van der Waals surface area contributed by atoms with Gasteiger partial charge in [0.15, 0.2) is 0 Å². The van der Waals surface area contributed by atoms with Gasteiger partial charge in [0.1, 0.15) is 12.0 Å². The van der Waals surface area contributed by atoms with Crippen molar-refractivity contribution in [3.63, 3.8) is 0 Å². The van der Waals surface area contributed by atoms with E-state index in [0.717, 1.165) is 0 Å². The maximum absolute atomic E-state index is 12.0. The van der Waals surface area contributed by atoms with E-state index in [1.807, 2.05) is 0 Å². The van der Waals surface area contributed by atoms with Crippen LogP contribution in [0.1, 0.15) is 25.0 Å². The molecule has 1 amide bonds. The number of ether oxygens (including phenoxy) is 1. The van der Waals surface area contributed by atoms with E-state index in [9.17, 15) is 9.90 Å². The van der Waals surface area contributed by atoms with Crippen molar-refractivity contribution < 1.29 is 19.2 Å². The summed E-state index contributed by atoms with van der Waals surface area (Å²) in [7, 11) is 1.56. The van der Waals surface area contributed by atoms with Crippen LogP contribution in [0.4, 0.5) is 0 Å². The number of aliphatic hydroxyl groups is 1. The Hall–Kier alpha value is -1.40. The third-order valence-corrected chi connectivity index (χ3v) is 3.37. The molecule has 1 saturated carbocycles. The van der Waals surface area contributed by atoms with Crippen LogP contribution in [0, 0.1) is 5.92 Å². The molecule has 1 aliphatic rings. The van der Waals surface area contributed by atoms with E-state index in [1.54, 1.807) is 13.2 Å². The van der Waals surface area contributed by atoms with Crippen LogP contribution in [0.25, 0.3) is 0 Å². The van der Waals surface area contributed by atoms with Gasteiger partial charge in [0, 0.05) is 19.1 Å². The minimum absolute atomic E-state index is 0.0213. The van der Waals surface area contributed by atoms with Gasteiger partial charge in [-0.05, 0) is 19.3 Å². The molecule has 6 nitrogen and oxygen atoms in total. The molecule has 0 saturated heterocycles. The van der Waals surface area contributed by atoms with E-state index >= 15 is 0 Å². The van der Waals surface area contributed by atoms with Gasteiger partial charge in [0.2, 0.25) is 5.91 Å². The second-order valence-corrected chi connectivity index (χ2v) is 4.56. The van der Waals surface area contributed by atoms with Crippen LogP contribution in [0.3, 0.4) is 0 Å². The van der Waals surface area contributed by atoms with E-state index in [4.69, 9.17) is 4.74 Å². The Bertz CT molecular complexity index is 379. The fourth-order valence-corrected chi connectivity index (χ4v) is 2.26. The van der Waals surface area contributed by atoms with Crippen LogP contribution in [-0.4, -0.2) is 35.5 Å². The van der Waals surface area contributed by atoms with Crippen molar-refractivity contribution in [3.8, 4) is 0 Å². The highest BCUT2D eigenvalue weighted by Crippen LogP contribution is 2.26. The number of nitrogens with one attached hydrogen (secondary N) is 1. The quantitative estimate of drug-likeness (QED) is 0.815. The first-order chi connectivity index (χ1) is 8.70. The van der Waals surface area contributed by atoms with Gasteiger partial charge in [-0.2, -0.15) is 0 Å². The van der Waals surface area contributed by atoms with Crippen molar-refractivity contribution in [1.29, 1.82) is 0 Å². The lowest BCUT2D eigenvalue weighted by Crippen LogP contribution is -2.41. The van der Waals surface area contributed by atoms with E-state index in [-0.39, 0.29) is 17.9 Å². The minimum Gasteiger partial charge on any atom is -0.390 e. The first kappa shape index (κ1) is 13.0. The average molecular weight is 254 g/mol. The number of aromatic nitrogens is 1. The van der Waals surface area contributed by atoms with Crippen molar-refractivity contribution in [3.05, 3.63) is 18.0 Å². The molecule has 0 spiro atoms. The number of carbonyl (C=O) groups excluding carboxylic acids is 1. The molecule has 1 aromatic rings. The van der Waals surface area contributed by atoms with Gasteiger partial charge in [-0.1, -0.05) is 5.16 Å². The summed E-state index contributed by atoms with van der Waals surface area (Å²) in [5.41, 5.74) is 0.697. The van der Waals surface area contributed by atoms with Crippen LogP contribution in [0.2, 0.25) is 0 Å². The number of hydrogen-bond acceptors (Lipinski definition) is 5. The summed E-state index contributed by atoms with van der Waals surface area (Å²) in [6.07, 6.45) is 2.60. The molecule has 1 heterocycles. The van der Waals surface area contributed by atoms with Crippen molar-refractivity contribution >= 4 is 5.91 Å². The molecule has 100 valence electrons. The smallest absolute Gasteiger partial charge is 0.223 e. The summed E-state index contributed by atoms with van der Waals surface area (Å²) >= 11 is 0. The lowest BCUT2D eigenvalue weighted by molar-refractivity contribution is -0.130. The monoisotopic (exact) mass is 254 g/mol. The van der Waals surface area contributed by atoms with Crippen LogP contribution in [0.5, 0.6) is 0 Å². The van der Waals surface area contributed by atoms with Crippen LogP contribution in [0.15, 0.2) is 16.9 Å². The molecule has 0 aromatic carbocycles. The summed E-state index contributed by atoms with van der Waals surface area (Å²) in [5, 5.41) is 16.2. The van der Waals surface area contributed by atoms with E-state index < -0.39 is 6.10 Å². The zero-order chi connectivity index (χ0) is 13.0. The molecule has 6 heteroatoms. The van der Waals surface area contributed by atoms with E-state index in [2.05, 4.69) is 15.0 Å². The fraction of sp³-hybridized carbons (Fsp3) is 0.667. The Kier molecular flexibility index (Phi) is 4.33.